The van der Waals surface area contributed by atoms with Gasteiger partial charge in [-0.25, -0.2) is 0 Å². The Balaban J connectivity index is 0.00000312. The molecule has 0 atom stereocenters. The fourth-order valence-corrected chi connectivity index (χ4v) is 2.92. The molecule has 0 aliphatic carbocycles. The van der Waals surface area contributed by atoms with Crippen LogP contribution in [0.3, 0.4) is 0 Å². The predicted molar refractivity (Wildman–Crippen MR) is 109 cm³/mol. The summed E-state index contributed by atoms with van der Waals surface area (Å²) in [6.07, 6.45) is 6.93. The van der Waals surface area contributed by atoms with Crippen molar-refractivity contribution in [3.63, 3.8) is 0 Å². The van der Waals surface area contributed by atoms with E-state index >= 15 is 0 Å². The van der Waals surface area contributed by atoms with Crippen molar-refractivity contribution in [3.05, 3.63) is 47.0 Å². The van der Waals surface area contributed by atoms with Crippen LogP contribution in [-0.4, -0.2) is 25.5 Å². The normalized spacial score (nSPS) is 14.4. The Bertz CT molecular complexity index is 558. The van der Waals surface area contributed by atoms with Gasteiger partial charge in [0, 0.05) is 19.5 Å². The zero-order valence-electron chi connectivity index (χ0n) is 15.9. The zero-order chi connectivity index (χ0) is 17.4. The number of hydrogen-bond donors (Lipinski definition) is 2. The summed E-state index contributed by atoms with van der Waals surface area (Å²) in [5, 5.41) is 6.32. The summed E-state index contributed by atoms with van der Waals surface area (Å²) in [5.41, 5.74) is 4.29. The van der Waals surface area contributed by atoms with Gasteiger partial charge in [0.2, 0.25) is 5.91 Å². The summed E-state index contributed by atoms with van der Waals surface area (Å²) < 4.78 is 0. The molecule has 0 saturated carbocycles. The Morgan fingerprint density at radius 1 is 1.16 bits per heavy atom. The molecule has 0 aromatic heterocycles. The molecule has 1 heterocycles. The standard InChI is InChI=1S/C21H32N2O.ClH/c1-21(2,3)19-10-8-17(9-11-19)6-4-5-7-20(24)23-16-18-12-14-22-15-13-18;/h8-12,22H,4-7,13-16H2,1-3H3,(H,23,24);1H. The van der Waals surface area contributed by atoms with Crippen LogP contribution < -0.4 is 10.6 Å². The number of aryl methyl sites for hydroxylation is 1. The summed E-state index contributed by atoms with van der Waals surface area (Å²) in [5.74, 6) is 0.178. The molecule has 2 N–H and O–H groups in total. The van der Waals surface area contributed by atoms with Crippen LogP contribution in [-0.2, 0) is 16.6 Å². The van der Waals surface area contributed by atoms with E-state index < -0.39 is 0 Å². The van der Waals surface area contributed by atoms with Crippen LogP contribution in [0.2, 0.25) is 0 Å². The number of nitrogens with one attached hydrogen (secondary N) is 2. The van der Waals surface area contributed by atoms with Crippen molar-refractivity contribution in [2.45, 2.75) is 58.3 Å². The van der Waals surface area contributed by atoms with E-state index in [1.165, 1.54) is 16.7 Å². The van der Waals surface area contributed by atoms with Crippen LogP contribution in [0, 0.1) is 0 Å². The van der Waals surface area contributed by atoms with Gasteiger partial charge in [-0.05, 0) is 48.8 Å². The molecule has 1 aromatic rings. The Labute approximate surface area is 159 Å². The van der Waals surface area contributed by atoms with E-state index in [0.29, 0.717) is 6.42 Å². The van der Waals surface area contributed by atoms with Gasteiger partial charge in [-0.15, -0.1) is 12.4 Å². The molecule has 1 amide bonds. The van der Waals surface area contributed by atoms with Crippen molar-refractivity contribution < 1.29 is 4.79 Å². The largest absolute Gasteiger partial charge is 0.352 e. The quantitative estimate of drug-likeness (QED) is 0.563. The minimum atomic E-state index is 0. The molecule has 25 heavy (non-hydrogen) atoms. The summed E-state index contributed by atoms with van der Waals surface area (Å²) in [6, 6.07) is 8.91. The topological polar surface area (TPSA) is 41.1 Å². The van der Waals surface area contributed by atoms with E-state index in [1.54, 1.807) is 0 Å². The van der Waals surface area contributed by atoms with Gasteiger partial charge in [0.25, 0.3) is 0 Å². The van der Waals surface area contributed by atoms with Gasteiger partial charge in [-0.1, -0.05) is 56.7 Å². The van der Waals surface area contributed by atoms with E-state index in [4.69, 9.17) is 0 Å². The lowest BCUT2D eigenvalue weighted by Crippen LogP contribution is -2.29. The molecule has 140 valence electrons. The van der Waals surface area contributed by atoms with E-state index in [-0.39, 0.29) is 23.7 Å². The Morgan fingerprint density at radius 3 is 2.48 bits per heavy atom. The number of rotatable bonds is 7. The lowest BCUT2D eigenvalue weighted by Gasteiger charge is -2.19. The molecule has 0 bridgehead atoms. The average Bonchev–Trinajstić information content (AvgIpc) is 2.57. The molecule has 4 heteroatoms. The molecular weight excluding hydrogens is 332 g/mol. The first-order valence-electron chi connectivity index (χ1n) is 9.20. The maximum Gasteiger partial charge on any atom is 0.220 e. The third-order valence-electron chi connectivity index (χ3n) is 4.61. The van der Waals surface area contributed by atoms with Crippen LogP contribution in [0.1, 0.15) is 57.6 Å². The summed E-state index contributed by atoms with van der Waals surface area (Å²) in [4.78, 5) is 11.9. The molecule has 1 aromatic carbocycles. The Morgan fingerprint density at radius 2 is 1.88 bits per heavy atom. The highest BCUT2D eigenvalue weighted by Crippen LogP contribution is 2.22. The molecule has 1 aliphatic heterocycles. The number of carbonyl (C=O) groups is 1. The first-order valence-corrected chi connectivity index (χ1v) is 9.20. The lowest BCUT2D eigenvalue weighted by molar-refractivity contribution is -0.121. The van der Waals surface area contributed by atoms with Crippen LogP contribution >= 0.6 is 12.4 Å². The van der Waals surface area contributed by atoms with Crippen molar-refractivity contribution in [2.75, 3.05) is 19.6 Å². The van der Waals surface area contributed by atoms with Gasteiger partial charge in [0.05, 0.1) is 0 Å². The van der Waals surface area contributed by atoms with Crippen molar-refractivity contribution in [1.29, 1.82) is 0 Å². The Kier molecular flexibility index (Phi) is 9.23. The van der Waals surface area contributed by atoms with Crippen molar-refractivity contribution >= 4 is 18.3 Å². The van der Waals surface area contributed by atoms with E-state index in [1.807, 2.05) is 0 Å². The van der Waals surface area contributed by atoms with Gasteiger partial charge >= 0.3 is 0 Å². The maximum absolute atomic E-state index is 11.9. The first-order chi connectivity index (χ1) is 11.4. The number of carbonyl (C=O) groups excluding carboxylic acids is 1. The lowest BCUT2D eigenvalue weighted by atomic mass is 9.86. The van der Waals surface area contributed by atoms with Crippen molar-refractivity contribution in [3.8, 4) is 0 Å². The number of benzene rings is 1. The van der Waals surface area contributed by atoms with Gasteiger partial charge in [0.15, 0.2) is 0 Å². The first kappa shape index (κ1) is 21.7. The third-order valence-corrected chi connectivity index (χ3v) is 4.61. The second-order valence-electron chi connectivity index (χ2n) is 7.75. The molecular formula is C21H33ClN2O. The fourth-order valence-electron chi connectivity index (χ4n) is 2.92. The molecule has 0 fully saturated rings. The predicted octanol–water partition coefficient (Wildman–Crippen LogP) is 4.15. The van der Waals surface area contributed by atoms with Gasteiger partial charge in [-0.3, -0.25) is 4.79 Å². The van der Waals surface area contributed by atoms with Gasteiger partial charge in [0.1, 0.15) is 0 Å². The highest BCUT2D eigenvalue weighted by Gasteiger charge is 2.12. The second kappa shape index (κ2) is 10.6. The number of halogens is 1. The molecule has 3 nitrogen and oxygen atoms in total. The summed E-state index contributed by atoms with van der Waals surface area (Å²) in [6.45, 7) is 9.38. The highest BCUT2D eigenvalue weighted by molar-refractivity contribution is 5.85. The Hall–Kier alpha value is -1.32. The third kappa shape index (κ3) is 8.06. The molecule has 0 saturated heterocycles. The summed E-state index contributed by atoms with van der Waals surface area (Å²) >= 11 is 0. The highest BCUT2D eigenvalue weighted by atomic mass is 35.5. The van der Waals surface area contributed by atoms with Crippen LogP contribution in [0.4, 0.5) is 0 Å². The van der Waals surface area contributed by atoms with Crippen LogP contribution in [0.25, 0.3) is 0 Å². The van der Waals surface area contributed by atoms with Gasteiger partial charge < -0.3 is 10.6 Å². The SMILES string of the molecule is CC(C)(C)c1ccc(CCCCC(=O)NCC2=CCNCC2)cc1.Cl. The molecule has 2 rings (SSSR count). The van der Waals surface area contributed by atoms with Crippen LogP contribution in [0.5, 0.6) is 0 Å². The number of unbranched alkanes of at least 4 members (excludes halogenated alkanes) is 1. The zero-order valence-corrected chi connectivity index (χ0v) is 16.7. The van der Waals surface area contributed by atoms with Crippen molar-refractivity contribution in [2.24, 2.45) is 0 Å². The monoisotopic (exact) mass is 364 g/mol. The fraction of sp³-hybridized carbons (Fsp3) is 0.571. The number of hydrogen-bond acceptors (Lipinski definition) is 2. The maximum atomic E-state index is 11.9. The molecule has 0 radical (unpaired) electrons. The second-order valence-corrected chi connectivity index (χ2v) is 7.75. The van der Waals surface area contributed by atoms with Gasteiger partial charge in [-0.2, -0.15) is 0 Å². The summed E-state index contributed by atoms with van der Waals surface area (Å²) in [7, 11) is 0. The van der Waals surface area contributed by atoms with E-state index in [9.17, 15) is 4.79 Å². The minimum Gasteiger partial charge on any atom is -0.352 e. The number of amides is 1. The van der Waals surface area contributed by atoms with Crippen molar-refractivity contribution in [1.82, 2.24) is 10.6 Å². The molecule has 0 spiro atoms. The van der Waals surface area contributed by atoms with E-state index in [2.05, 4.69) is 61.7 Å². The van der Waals surface area contributed by atoms with Crippen LogP contribution in [0.15, 0.2) is 35.9 Å². The van der Waals surface area contributed by atoms with E-state index in [0.717, 1.165) is 45.3 Å². The average molecular weight is 365 g/mol. The molecule has 0 unspecified atom stereocenters. The smallest absolute Gasteiger partial charge is 0.220 e. The minimum absolute atomic E-state index is 0. The molecule has 1 aliphatic rings.